The molecule has 0 N–H and O–H groups in total. The lowest BCUT2D eigenvalue weighted by Crippen LogP contribution is -2.53. The molecule has 0 aliphatic heterocycles. The van der Waals surface area contributed by atoms with Gasteiger partial charge >= 0.3 is 0 Å². The van der Waals surface area contributed by atoms with Gasteiger partial charge in [-0.3, -0.25) is 13.5 Å². The maximum atomic E-state index is 12.7. The van der Waals surface area contributed by atoms with Gasteiger partial charge in [-0.1, -0.05) is 41.9 Å². The van der Waals surface area contributed by atoms with E-state index in [1.807, 2.05) is 34.3 Å². The van der Waals surface area contributed by atoms with Gasteiger partial charge in [0.1, 0.15) is 0 Å². The van der Waals surface area contributed by atoms with Gasteiger partial charge in [0.2, 0.25) is 5.78 Å². The Kier molecular flexibility index (Phi) is 3.15. The topological polar surface area (TPSA) is 39.1 Å². The minimum atomic E-state index is -0.0267. The fraction of sp³-hybridized carbons (Fsp3) is 0.500. The van der Waals surface area contributed by atoms with E-state index in [4.69, 9.17) is 0 Å². The molecule has 0 amide bonds. The molecule has 4 fully saturated rings. The second-order valence-electron chi connectivity index (χ2n) is 8.07. The number of ketones is 1. The van der Waals surface area contributed by atoms with Crippen molar-refractivity contribution in [3.05, 3.63) is 57.2 Å². The third-order valence-electron chi connectivity index (χ3n) is 6.34. The molecule has 2 aromatic rings. The third kappa shape index (κ3) is 2.16. The summed E-state index contributed by atoms with van der Waals surface area (Å²) < 4.78 is 1.98. The zero-order valence-electron chi connectivity index (χ0n) is 13.6. The second kappa shape index (κ2) is 5.16. The number of hydrogen-bond donors (Lipinski definition) is 0. The summed E-state index contributed by atoms with van der Waals surface area (Å²) >= 11 is 1.41. The summed E-state index contributed by atoms with van der Waals surface area (Å²) in [5, 5.41) is 0. The number of carbonyl (C=O) groups is 1. The lowest BCUT2D eigenvalue weighted by atomic mass is 9.53. The Morgan fingerprint density at radius 1 is 1.00 bits per heavy atom. The van der Waals surface area contributed by atoms with Crippen LogP contribution >= 0.6 is 11.5 Å². The van der Waals surface area contributed by atoms with Crippen molar-refractivity contribution in [2.75, 3.05) is 0 Å². The van der Waals surface area contributed by atoms with E-state index in [0.29, 0.717) is 10.4 Å². The maximum absolute atomic E-state index is 12.7. The summed E-state index contributed by atoms with van der Waals surface area (Å²) in [4.78, 5) is 26.0. The van der Waals surface area contributed by atoms with Crippen molar-refractivity contribution in [1.29, 1.82) is 0 Å². The third-order valence-corrected chi connectivity index (χ3v) is 7.59. The molecule has 4 aliphatic rings. The zero-order valence-corrected chi connectivity index (χ0v) is 14.4. The Bertz CT molecular complexity index is 813. The van der Waals surface area contributed by atoms with E-state index in [2.05, 4.69) is 0 Å². The first kappa shape index (κ1) is 14.6. The van der Waals surface area contributed by atoms with Gasteiger partial charge in [0.25, 0.3) is 5.56 Å². The summed E-state index contributed by atoms with van der Waals surface area (Å²) in [6.07, 6.45) is 7.48. The molecule has 0 saturated heterocycles. The molecule has 0 spiro atoms. The first-order valence-electron chi connectivity index (χ1n) is 8.97. The SMILES string of the molecule is O=C(c1ccccc1)c1cc(=O)n(C23CC4CC(CC(C4)C2)C3)s1. The molecule has 4 saturated carbocycles. The van der Waals surface area contributed by atoms with Gasteiger partial charge < -0.3 is 0 Å². The van der Waals surface area contributed by atoms with E-state index >= 15 is 0 Å². The highest BCUT2D eigenvalue weighted by Gasteiger charge is 2.52. The first-order valence-corrected chi connectivity index (χ1v) is 9.74. The maximum Gasteiger partial charge on any atom is 0.261 e. The molecule has 0 unspecified atom stereocenters. The molecule has 3 nitrogen and oxygen atoms in total. The van der Waals surface area contributed by atoms with Gasteiger partial charge in [-0.2, -0.15) is 0 Å². The average Bonchev–Trinajstić information content (AvgIpc) is 2.96. The van der Waals surface area contributed by atoms with E-state index in [1.165, 1.54) is 30.8 Å². The van der Waals surface area contributed by atoms with Gasteiger partial charge in [-0.05, 0) is 56.3 Å². The van der Waals surface area contributed by atoms with E-state index in [0.717, 1.165) is 37.0 Å². The normalized spacial score (nSPS) is 33.8. The molecule has 0 radical (unpaired) electrons. The van der Waals surface area contributed by atoms with E-state index < -0.39 is 0 Å². The second-order valence-corrected chi connectivity index (χ2v) is 9.06. The highest BCUT2D eigenvalue weighted by atomic mass is 32.1. The van der Waals surface area contributed by atoms with Gasteiger partial charge in [-0.15, -0.1) is 0 Å². The minimum Gasteiger partial charge on any atom is -0.288 e. The lowest BCUT2D eigenvalue weighted by molar-refractivity contribution is -0.0389. The van der Waals surface area contributed by atoms with Crippen molar-refractivity contribution in [2.24, 2.45) is 17.8 Å². The van der Waals surface area contributed by atoms with Crippen LogP contribution in [0.2, 0.25) is 0 Å². The Morgan fingerprint density at radius 3 is 2.17 bits per heavy atom. The van der Waals surface area contributed by atoms with E-state index in [-0.39, 0.29) is 16.9 Å². The van der Waals surface area contributed by atoms with Crippen molar-refractivity contribution in [3.63, 3.8) is 0 Å². The molecule has 0 atom stereocenters. The van der Waals surface area contributed by atoms with Crippen LogP contribution in [0.5, 0.6) is 0 Å². The number of nitrogens with zero attached hydrogens (tertiary/aromatic N) is 1. The van der Waals surface area contributed by atoms with Gasteiger partial charge in [-0.25, -0.2) is 0 Å². The monoisotopic (exact) mass is 339 g/mol. The number of benzene rings is 1. The van der Waals surface area contributed by atoms with Crippen LogP contribution in [0.15, 0.2) is 41.2 Å². The summed E-state index contributed by atoms with van der Waals surface area (Å²) in [6.45, 7) is 0. The van der Waals surface area contributed by atoms with Crippen LogP contribution in [-0.4, -0.2) is 9.74 Å². The molecular weight excluding hydrogens is 318 g/mol. The molecule has 4 bridgehead atoms. The quantitative estimate of drug-likeness (QED) is 0.791. The first-order chi connectivity index (χ1) is 11.6. The smallest absolute Gasteiger partial charge is 0.261 e. The van der Waals surface area contributed by atoms with E-state index in [9.17, 15) is 9.59 Å². The van der Waals surface area contributed by atoms with Crippen LogP contribution in [0.1, 0.15) is 53.8 Å². The minimum absolute atomic E-state index is 0.00567. The zero-order chi connectivity index (χ0) is 16.3. The number of carbonyl (C=O) groups excluding carboxylic acids is 1. The molecule has 124 valence electrons. The van der Waals surface area contributed by atoms with Crippen molar-refractivity contribution in [2.45, 2.75) is 44.1 Å². The van der Waals surface area contributed by atoms with Gasteiger partial charge in [0.05, 0.1) is 10.4 Å². The summed E-state index contributed by atoms with van der Waals surface area (Å²) in [5.41, 5.74) is 0.698. The predicted molar refractivity (Wildman–Crippen MR) is 94.6 cm³/mol. The van der Waals surface area contributed by atoms with E-state index in [1.54, 1.807) is 6.07 Å². The van der Waals surface area contributed by atoms with Crippen LogP contribution in [0.25, 0.3) is 0 Å². The predicted octanol–water partition coefficient (Wildman–Crippen LogP) is 4.07. The number of aromatic nitrogens is 1. The molecule has 6 rings (SSSR count). The van der Waals surface area contributed by atoms with Crippen molar-refractivity contribution in [1.82, 2.24) is 3.96 Å². The molecule has 1 aromatic carbocycles. The van der Waals surface area contributed by atoms with Crippen LogP contribution in [0, 0.1) is 17.8 Å². The Morgan fingerprint density at radius 2 is 1.58 bits per heavy atom. The molecule has 1 aromatic heterocycles. The number of hydrogen-bond acceptors (Lipinski definition) is 3. The Balaban J connectivity index is 1.53. The molecular formula is C20H21NO2S. The fourth-order valence-electron chi connectivity index (χ4n) is 5.82. The summed E-state index contributed by atoms with van der Waals surface area (Å²) in [7, 11) is 0. The summed E-state index contributed by atoms with van der Waals surface area (Å²) in [6, 6.07) is 10.8. The van der Waals surface area contributed by atoms with Crippen molar-refractivity contribution < 1.29 is 4.79 Å². The molecule has 24 heavy (non-hydrogen) atoms. The Labute approximate surface area is 145 Å². The van der Waals surface area contributed by atoms with Crippen molar-refractivity contribution in [3.8, 4) is 0 Å². The van der Waals surface area contributed by atoms with Gasteiger partial charge in [0.15, 0.2) is 0 Å². The molecule has 1 heterocycles. The Hall–Kier alpha value is -1.68. The lowest BCUT2D eigenvalue weighted by Gasteiger charge is -2.56. The number of rotatable bonds is 3. The van der Waals surface area contributed by atoms with Crippen LogP contribution in [0.4, 0.5) is 0 Å². The van der Waals surface area contributed by atoms with Crippen molar-refractivity contribution >= 4 is 17.3 Å². The molecule has 4 aliphatic carbocycles. The van der Waals surface area contributed by atoms with Crippen LogP contribution < -0.4 is 5.56 Å². The molecule has 4 heteroatoms. The fourth-order valence-corrected chi connectivity index (χ4v) is 6.93. The van der Waals surface area contributed by atoms with Gasteiger partial charge in [0, 0.05) is 11.6 Å². The largest absolute Gasteiger partial charge is 0.288 e. The highest BCUT2D eigenvalue weighted by molar-refractivity contribution is 7.09. The van der Waals surface area contributed by atoms with Crippen LogP contribution in [0.3, 0.4) is 0 Å². The standard InChI is InChI=1S/C20H21NO2S/c22-18-9-17(19(23)16-4-2-1-3-5-16)24-21(18)20-10-13-6-14(11-20)8-15(7-13)12-20/h1-5,9,13-15H,6-8,10-12H2. The van der Waals surface area contributed by atoms with Crippen LogP contribution in [-0.2, 0) is 5.54 Å². The highest BCUT2D eigenvalue weighted by Crippen LogP contribution is 2.58. The summed E-state index contributed by atoms with van der Waals surface area (Å²) in [5.74, 6) is 2.34. The average molecular weight is 339 g/mol.